The average Bonchev–Trinajstić information content (AvgIpc) is 2.35. The van der Waals surface area contributed by atoms with Gasteiger partial charge in [-0.25, -0.2) is 4.98 Å². The summed E-state index contributed by atoms with van der Waals surface area (Å²) in [4.78, 5) is 4.03. The largest absolute Gasteiger partial charge is 0.269 e. The molecule has 2 aromatic rings. The van der Waals surface area contributed by atoms with Crippen LogP contribution in [0.3, 0.4) is 0 Å². The van der Waals surface area contributed by atoms with Crippen LogP contribution in [-0.4, -0.2) is 19.6 Å². The number of nitrogens with zero attached hydrogens (tertiary/aromatic N) is 4. The summed E-state index contributed by atoms with van der Waals surface area (Å²) in [6, 6.07) is 0. The van der Waals surface area contributed by atoms with E-state index in [9.17, 15) is 0 Å². The molecule has 2 rings (SSSR count). The first-order chi connectivity index (χ1) is 5.29. The van der Waals surface area contributed by atoms with Gasteiger partial charge in [0.05, 0.1) is 0 Å². The first-order valence-electron chi connectivity index (χ1n) is 3.41. The van der Waals surface area contributed by atoms with Crippen molar-refractivity contribution in [3.8, 4) is 0 Å². The highest BCUT2D eigenvalue weighted by atomic mass is 15.3. The van der Waals surface area contributed by atoms with Crippen molar-refractivity contribution in [3.05, 3.63) is 23.9 Å². The van der Waals surface area contributed by atoms with Crippen molar-refractivity contribution in [2.75, 3.05) is 0 Å². The molecule has 4 nitrogen and oxygen atoms in total. The molecule has 4 heteroatoms. The summed E-state index contributed by atoms with van der Waals surface area (Å²) in [7, 11) is 0. The lowest BCUT2D eigenvalue weighted by Crippen LogP contribution is -1.91. The Labute approximate surface area is 63.9 Å². The Balaban J connectivity index is 2.94. The van der Waals surface area contributed by atoms with Gasteiger partial charge in [0.15, 0.2) is 5.65 Å². The molecule has 0 N–H and O–H groups in total. The van der Waals surface area contributed by atoms with E-state index in [-0.39, 0.29) is 0 Å². The second kappa shape index (κ2) is 2.02. The van der Waals surface area contributed by atoms with E-state index in [4.69, 9.17) is 0 Å². The van der Waals surface area contributed by atoms with E-state index >= 15 is 0 Å². The SMILES string of the molecule is Cc1cncn2c(C)nnc12. The Kier molecular flexibility index (Phi) is 1.15. The fourth-order valence-corrected chi connectivity index (χ4v) is 1.05. The highest BCUT2D eigenvalue weighted by Gasteiger charge is 2.01. The van der Waals surface area contributed by atoms with Gasteiger partial charge in [-0.15, -0.1) is 10.2 Å². The van der Waals surface area contributed by atoms with Crippen LogP contribution in [0.15, 0.2) is 12.5 Å². The van der Waals surface area contributed by atoms with Crippen molar-refractivity contribution in [2.45, 2.75) is 13.8 Å². The average molecular weight is 148 g/mol. The minimum absolute atomic E-state index is 0.871. The number of hydrogen-bond donors (Lipinski definition) is 0. The molecule has 0 bridgehead atoms. The quantitative estimate of drug-likeness (QED) is 0.553. The second-order valence-electron chi connectivity index (χ2n) is 2.52. The number of fused-ring (bicyclic) bond motifs is 1. The lowest BCUT2D eigenvalue weighted by atomic mass is 10.4. The lowest BCUT2D eigenvalue weighted by Gasteiger charge is -1.94. The van der Waals surface area contributed by atoms with Crippen molar-refractivity contribution in [1.82, 2.24) is 19.6 Å². The fraction of sp³-hybridized carbons (Fsp3) is 0.286. The van der Waals surface area contributed by atoms with Crippen LogP contribution < -0.4 is 0 Å². The summed E-state index contributed by atoms with van der Waals surface area (Å²) in [6.07, 6.45) is 3.50. The molecule has 0 aliphatic heterocycles. The minimum atomic E-state index is 0.871. The number of hydrogen-bond acceptors (Lipinski definition) is 3. The molecule has 0 saturated heterocycles. The van der Waals surface area contributed by atoms with E-state index in [1.165, 1.54) is 0 Å². The smallest absolute Gasteiger partial charge is 0.166 e. The molecule has 2 heterocycles. The van der Waals surface area contributed by atoms with Crippen LogP contribution in [-0.2, 0) is 0 Å². The standard InChI is InChI=1S/C7H8N4/c1-5-3-8-4-11-6(2)9-10-7(5)11/h3-4H,1-2H3. The summed E-state index contributed by atoms with van der Waals surface area (Å²) in [5.74, 6) is 0.871. The lowest BCUT2D eigenvalue weighted by molar-refractivity contribution is 0.980. The van der Waals surface area contributed by atoms with Gasteiger partial charge >= 0.3 is 0 Å². The van der Waals surface area contributed by atoms with Gasteiger partial charge in [0.1, 0.15) is 12.2 Å². The van der Waals surface area contributed by atoms with Gasteiger partial charge in [-0.2, -0.15) is 0 Å². The summed E-state index contributed by atoms with van der Waals surface area (Å²) >= 11 is 0. The zero-order chi connectivity index (χ0) is 7.84. The number of aryl methyl sites for hydroxylation is 2. The van der Waals surface area contributed by atoms with Gasteiger partial charge in [0, 0.05) is 11.8 Å². The molecule has 56 valence electrons. The van der Waals surface area contributed by atoms with E-state index in [1.54, 1.807) is 12.5 Å². The Bertz CT molecular complexity index is 390. The Morgan fingerprint density at radius 1 is 1.27 bits per heavy atom. The van der Waals surface area contributed by atoms with E-state index in [0.29, 0.717) is 0 Å². The van der Waals surface area contributed by atoms with E-state index in [1.807, 2.05) is 18.2 Å². The molecule has 0 radical (unpaired) electrons. The zero-order valence-electron chi connectivity index (χ0n) is 6.44. The van der Waals surface area contributed by atoms with Crippen LogP contribution in [0, 0.1) is 13.8 Å². The van der Waals surface area contributed by atoms with E-state index in [2.05, 4.69) is 15.2 Å². The van der Waals surface area contributed by atoms with Crippen molar-refractivity contribution >= 4 is 5.65 Å². The molecule has 0 aliphatic rings. The summed E-state index contributed by atoms with van der Waals surface area (Å²) in [6.45, 7) is 3.87. The maximum atomic E-state index is 4.03. The molecule has 0 aromatic carbocycles. The minimum Gasteiger partial charge on any atom is -0.269 e. The predicted molar refractivity (Wildman–Crippen MR) is 40.3 cm³/mol. The molecule has 2 aromatic heterocycles. The molecule has 0 atom stereocenters. The first-order valence-corrected chi connectivity index (χ1v) is 3.41. The third-order valence-electron chi connectivity index (χ3n) is 1.67. The summed E-state index contributed by atoms with van der Waals surface area (Å²) in [5.41, 5.74) is 1.94. The van der Waals surface area contributed by atoms with Gasteiger partial charge in [-0.3, -0.25) is 4.40 Å². The van der Waals surface area contributed by atoms with Crippen molar-refractivity contribution < 1.29 is 0 Å². The second-order valence-corrected chi connectivity index (χ2v) is 2.52. The molecule has 11 heavy (non-hydrogen) atoms. The monoisotopic (exact) mass is 148 g/mol. The van der Waals surface area contributed by atoms with Crippen molar-refractivity contribution in [2.24, 2.45) is 0 Å². The van der Waals surface area contributed by atoms with Crippen LogP contribution in [0.1, 0.15) is 11.4 Å². The number of rotatable bonds is 0. The normalized spacial score (nSPS) is 10.7. The maximum Gasteiger partial charge on any atom is 0.166 e. The maximum absolute atomic E-state index is 4.03. The molecule has 0 fully saturated rings. The van der Waals surface area contributed by atoms with Gasteiger partial charge in [0.2, 0.25) is 0 Å². The van der Waals surface area contributed by atoms with Gasteiger partial charge in [-0.1, -0.05) is 0 Å². The van der Waals surface area contributed by atoms with E-state index < -0.39 is 0 Å². The summed E-state index contributed by atoms with van der Waals surface area (Å²) < 4.78 is 1.87. The topological polar surface area (TPSA) is 43.1 Å². The molecule has 0 spiro atoms. The zero-order valence-corrected chi connectivity index (χ0v) is 6.44. The Morgan fingerprint density at radius 2 is 2.09 bits per heavy atom. The van der Waals surface area contributed by atoms with Gasteiger partial charge < -0.3 is 0 Å². The summed E-state index contributed by atoms with van der Waals surface area (Å²) in [5, 5.41) is 7.92. The highest BCUT2D eigenvalue weighted by molar-refractivity contribution is 5.44. The first kappa shape index (κ1) is 6.27. The number of aromatic nitrogens is 4. The molecule has 0 unspecified atom stereocenters. The van der Waals surface area contributed by atoms with Crippen LogP contribution >= 0.6 is 0 Å². The molecule has 0 aliphatic carbocycles. The third-order valence-corrected chi connectivity index (χ3v) is 1.67. The third kappa shape index (κ3) is 0.790. The van der Waals surface area contributed by atoms with E-state index in [0.717, 1.165) is 17.0 Å². The van der Waals surface area contributed by atoms with Crippen molar-refractivity contribution in [3.63, 3.8) is 0 Å². The predicted octanol–water partition coefficient (Wildman–Crippen LogP) is 0.741. The molecule has 0 amide bonds. The van der Waals surface area contributed by atoms with Crippen LogP contribution in [0.25, 0.3) is 5.65 Å². The molecular formula is C7H8N4. The Hall–Kier alpha value is -1.45. The van der Waals surface area contributed by atoms with Crippen molar-refractivity contribution in [1.29, 1.82) is 0 Å². The van der Waals surface area contributed by atoms with Crippen LogP contribution in [0.5, 0.6) is 0 Å². The Morgan fingerprint density at radius 3 is 2.82 bits per heavy atom. The van der Waals surface area contributed by atoms with Crippen LogP contribution in [0.4, 0.5) is 0 Å². The fourth-order valence-electron chi connectivity index (χ4n) is 1.05. The van der Waals surface area contributed by atoms with Crippen LogP contribution in [0.2, 0.25) is 0 Å². The van der Waals surface area contributed by atoms with Gasteiger partial charge in [-0.05, 0) is 13.8 Å². The molecular weight excluding hydrogens is 140 g/mol. The highest BCUT2D eigenvalue weighted by Crippen LogP contribution is 2.04. The van der Waals surface area contributed by atoms with Gasteiger partial charge in [0.25, 0.3) is 0 Å². The molecule has 0 saturated carbocycles.